The van der Waals surface area contributed by atoms with Crippen molar-refractivity contribution in [2.45, 2.75) is 58.6 Å². The van der Waals surface area contributed by atoms with Crippen LogP contribution in [0, 0.1) is 0 Å². The van der Waals surface area contributed by atoms with Crippen LogP contribution in [-0.4, -0.2) is 30.2 Å². The van der Waals surface area contributed by atoms with Gasteiger partial charge in [0.2, 0.25) is 5.91 Å². The van der Waals surface area contributed by atoms with E-state index in [2.05, 4.69) is 11.9 Å². The number of amides is 1. The molecule has 106 valence electrons. The van der Waals surface area contributed by atoms with Gasteiger partial charge in [-0.05, 0) is 47.5 Å². The van der Waals surface area contributed by atoms with Gasteiger partial charge in [0.1, 0.15) is 0 Å². The second kappa shape index (κ2) is 6.90. The first-order valence-electron chi connectivity index (χ1n) is 6.40. The number of hydrogen-bond donors (Lipinski definition) is 2. The van der Waals surface area contributed by atoms with Crippen LogP contribution in [0.5, 0.6) is 0 Å². The lowest BCUT2D eigenvalue weighted by atomic mass is 10.0. The summed E-state index contributed by atoms with van der Waals surface area (Å²) >= 11 is 0. The molecule has 4 heteroatoms. The lowest BCUT2D eigenvalue weighted by Gasteiger charge is -2.27. The third-order valence-electron chi connectivity index (χ3n) is 2.64. The molecule has 0 radical (unpaired) electrons. The van der Waals surface area contributed by atoms with E-state index < -0.39 is 0 Å². The smallest absolute Gasteiger partial charge is 0.246 e. The summed E-state index contributed by atoms with van der Waals surface area (Å²) in [4.78, 5) is 11.3. The van der Waals surface area contributed by atoms with E-state index in [1.54, 1.807) is 6.92 Å². The molecular formula is C14H28N2O2. The Morgan fingerprint density at radius 2 is 1.83 bits per heavy atom. The number of hydrogen-bond acceptors (Lipinski definition) is 3. The van der Waals surface area contributed by atoms with Crippen LogP contribution in [0.1, 0.15) is 47.5 Å². The first kappa shape index (κ1) is 17.1. The van der Waals surface area contributed by atoms with Crippen molar-refractivity contribution in [2.24, 2.45) is 5.73 Å². The predicted molar refractivity (Wildman–Crippen MR) is 75.4 cm³/mol. The van der Waals surface area contributed by atoms with E-state index in [4.69, 9.17) is 10.5 Å². The van der Waals surface area contributed by atoms with Crippen LogP contribution in [0.15, 0.2) is 12.2 Å². The maximum absolute atomic E-state index is 11.3. The van der Waals surface area contributed by atoms with Crippen LogP contribution in [0.25, 0.3) is 0 Å². The summed E-state index contributed by atoms with van der Waals surface area (Å²) in [6.45, 7) is 14.5. The highest BCUT2D eigenvalue weighted by Gasteiger charge is 2.20. The lowest BCUT2D eigenvalue weighted by Crippen LogP contribution is -2.37. The summed E-state index contributed by atoms with van der Waals surface area (Å²) in [5.74, 6) is -0.103. The molecule has 0 heterocycles. The quantitative estimate of drug-likeness (QED) is 0.653. The van der Waals surface area contributed by atoms with Gasteiger partial charge in [-0.3, -0.25) is 4.79 Å². The maximum atomic E-state index is 11.3. The van der Waals surface area contributed by atoms with Gasteiger partial charge in [-0.15, -0.1) is 0 Å². The van der Waals surface area contributed by atoms with Crippen molar-refractivity contribution in [1.82, 2.24) is 5.32 Å². The number of rotatable bonds is 8. The molecule has 0 aliphatic rings. The Morgan fingerprint density at radius 1 is 1.28 bits per heavy atom. The Kier molecular flexibility index (Phi) is 6.57. The van der Waals surface area contributed by atoms with E-state index >= 15 is 0 Å². The minimum absolute atomic E-state index is 0.103. The summed E-state index contributed by atoms with van der Waals surface area (Å²) < 4.78 is 5.79. The highest BCUT2D eigenvalue weighted by Crippen LogP contribution is 2.15. The van der Waals surface area contributed by atoms with E-state index in [-0.39, 0.29) is 17.0 Å². The minimum atomic E-state index is -0.256. The molecule has 0 aromatic carbocycles. The fourth-order valence-corrected chi connectivity index (χ4v) is 1.29. The zero-order valence-corrected chi connectivity index (χ0v) is 12.4. The largest absolute Gasteiger partial charge is 0.375 e. The van der Waals surface area contributed by atoms with Crippen molar-refractivity contribution in [2.75, 3.05) is 13.2 Å². The Hall–Kier alpha value is -0.870. The van der Waals surface area contributed by atoms with Crippen molar-refractivity contribution < 1.29 is 9.53 Å². The van der Waals surface area contributed by atoms with Crippen molar-refractivity contribution in [3.05, 3.63) is 12.2 Å². The highest BCUT2D eigenvalue weighted by atomic mass is 16.5. The zero-order chi connectivity index (χ0) is 14.4. The summed E-state index contributed by atoms with van der Waals surface area (Å²) in [6.07, 6.45) is 1.57. The van der Waals surface area contributed by atoms with Crippen molar-refractivity contribution in [3.63, 3.8) is 0 Å². The topological polar surface area (TPSA) is 64.3 Å². The van der Waals surface area contributed by atoms with Gasteiger partial charge in [0, 0.05) is 24.3 Å². The summed E-state index contributed by atoms with van der Waals surface area (Å²) in [7, 11) is 0. The Labute approximate surface area is 111 Å². The predicted octanol–water partition coefficient (Wildman–Crippen LogP) is 1.99. The molecule has 4 nitrogen and oxygen atoms in total. The molecule has 0 saturated carbocycles. The number of nitrogens with two attached hydrogens (primary N) is 1. The normalized spacial score (nSPS) is 12.3. The molecule has 0 spiro atoms. The van der Waals surface area contributed by atoms with Crippen molar-refractivity contribution in [3.8, 4) is 0 Å². The molecular weight excluding hydrogens is 228 g/mol. The van der Waals surface area contributed by atoms with E-state index in [1.165, 1.54) is 0 Å². The molecule has 0 unspecified atom stereocenters. The molecule has 0 aromatic rings. The summed E-state index contributed by atoms with van der Waals surface area (Å²) in [5, 5.41) is 2.80. The monoisotopic (exact) mass is 256 g/mol. The molecule has 3 N–H and O–H groups in total. The fraction of sp³-hybridized carbons (Fsp3) is 0.786. The van der Waals surface area contributed by atoms with E-state index in [9.17, 15) is 4.79 Å². The van der Waals surface area contributed by atoms with Gasteiger partial charge in [-0.2, -0.15) is 0 Å². The lowest BCUT2D eigenvalue weighted by molar-refractivity contribution is -0.117. The summed E-state index contributed by atoms with van der Waals surface area (Å²) in [6, 6.07) is 0. The van der Waals surface area contributed by atoms with Crippen LogP contribution < -0.4 is 11.1 Å². The fourth-order valence-electron chi connectivity index (χ4n) is 1.29. The molecule has 0 aromatic heterocycles. The van der Waals surface area contributed by atoms with Gasteiger partial charge in [0.15, 0.2) is 0 Å². The first-order chi connectivity index (χ1) is 8.03. The number of carbonyl (C=O) groups is 1. The van der Waals surface area contributed by atoms with E-state index in [1.807, 2.05) is 27.7 Å². The van der Waals surface area contributed by atoms with Crippen LogP contribution in [0.4, 0.5) is 0 Å². The minimum Gasteiger partial charge on any atom is -0.375 e. The molecule has 0 saturated heterocycles. The molecule has 0 rings (SSSR count). The molecule has 18 heavy (non-hydrogen) atoms. The van der Waals surface area contributed by atoms with E-state index in [0.29, 0.717) is 18.7 Å². The van der Waals surface area contributed by atoms with Crippen LogP contribution in [0.3, 0.4) is 0 Å². The SMILES string of the molecule is C=C(C)C(=O)NCCC(C)(C)OCCC(C)(C)N. The highest BCUT2D eigenvalue weighted by molar-refractivity contribution is 5.91. The van der Waals surface area contributed by atoms with Crippen molar-refractivity contribution >= 4 is 5.91 Å². The standard InChI is InChI=1S/C14H28N2O2/c1-11(2)12(17)16-9-7-14(5,6)18-10-8-13(3,4)15/h1,7-10,15H2,2-6H3,(H,16,17). The van der Waals surface area contributed by atoms with Crippen LogP contribution >= 0.6 is 0 Å². The van der Waals surface area contributed by atoms with E-state index in [0.717, 1.165) is 12.8 Å². The molecule has 0 fully saturated rings. The molecule has 0 atom stereocenters. The average molecular weight is 256 g/mol. The third-order valence-corrected chi connectivity index (χ3v) is 2.64. The second-order valence-electron chi connectivity index (χ2n) is 6.13. The maximum Gasteiger partial charge on any atom is 0.246 e. The van der Waals surface area contributed by atoms with Gasteiger partial charge in [0.05, 0.1) is 5.60 Å². The molecule has 0 aliphatic heterocycles. The van der Waals surface area contributed by atoms with Gasteiger partial charge in [-0.1, -0.05) is 6.58 Å². The first-order valence-corrected chi connectivity index (χ1v) is 6.40. The number of ether oxygens (including phenoxy) is 1. The second-order valence-corrected chi connectivity index (χ2v) is 6.13. The van der Waals surface area contributed by atoms with Crippen LogP contribution in [0.2, 0.25) is 0 Å². The van der Waals surface area contributed by atoms with Gasteiger partial charge in [0.25, 0.3) is 0 Å². The zero-order valence-electron chi connectivity index (χ0n) is 12.4. The summed E-state index contributed by atoms with van der Waals surface area (Å²) in [5.41, 5.74) is 5.96. The number of carbonyl (C=O) groups excluding carboxylic acids is 1. The number of nitrogens with one attached hydrogen (secondary N) is 1. The molecule has 1 amide bonds. The van der Waals surface area contributed by atoms with Crippen LogP contribution in [-0.2, 0) is 9.53 Å². The Bertz CT molecular complexity index is 291. The van der Waals surface area contributed by atoms with Gasteiger partial charge >= 0.3 is 0 Å². The third kappa shape index (κ3) is 9.19. The molecule has 0 bridgehead atoms. The molecule has 0 aliphatic carbocycles. The van der Waals surface area contributed by atoms with Crippen molar-refractivity contribution in [1.29, 1.82) is 0 Å². The average Bonchev–Trinajstić information content (AvgIpc) is 2.14. The van der Waals surface area contributed by atoms with Gasteiger partial charge < -0.3 is 15.8 Å². The van der Waals surface area contributed by atoms with Gasteiger partial charge in [-0.25, -0.2) is 0 Å². The Morgan fingerprint density at radius 3 is 2.28 bits per heavy atom. The Balaban J connectivity index is 3.87.